The maximum Gasteiger partial charge on any atom is 0.00671 e. The lowest BCUT2D eigenvalue weighted by atomic mass is 9.79. The van der Waals surface area contributed by atoms with Crippen molar-refractivity contribution < 1.29 is 0 Å². The van der Waals surface area contributed by atoms with Crippen LogP contribution in [0.15, 0.2) is 0 Å². The Bertz CT molecular complexity index is 178. The SMILES string of the molecule is CC1CCC(CNC(C)C2CCC2)CC1. The quantitative estimate of drug-likeness (QED) is 0.746. The average Bonchev–Trinajstić information content (AvgIpc) is 2.14. The van der Waals surface area contributed by atoms with Gasteiger partial charge < -0.3 is 5.32 Å². The van der Waals surface area contributed by atoms with Crippen LogP contribution in [0.4, 0.5) is 0 Å². The fraction of sp³-hybridized carbons (Fsp3) is 1.00. The highest BCUT2D eigenvalue weighted by atomic mass is 14.9. The lowest BCUT2D eigenvalue weighted by molar-refractivity contribution is 0.216. The molecule has 0 bridgehead atoms. The van der Waals surface area contributed by atoms with E-state index in [-0.39, 0.29) is 0 Å². The molecular formula is C14H27N. The highest BCUT2D eigenvalue weighted by Crippen LogP contribution is 2.31. The summed E-state index contributed by atoms with van der Waals surface area (Å²) in [6.07, 6.45) is 10.3. The lowest BCUT2D eigenvalue weighted by Crippen LogP contribution is -2.40. The molecule has 0 aromatic heterocycles. The van der Waals surface area contributed by atoms with Gasteiger partial charge in [-0.05, 0) is 56.9 Å². The van der Waals surface area contributed by atoms with Crippen molar-refractivity contribution in [2.45, 2.75) is 64.8 Å². The van der Waals surface area contributed by atoms with Crippen molar-refractivity contribution in [3.05, 3.63) is 0 Å². The molecule has 88 valence electrons. The zero-order valence-electron chi connectivity index (χ0n) is 10.5. The summed E-state index contributed by atoms with van der Waals surface area (Å²) >= 11 is 0. The summed E-state index contributed by atoms with van der Waals surface area (Å²) in [7, 11) is 0. The van der Waals surface area contributed by atoms with Gasteiger partial charge in [-0.2, -0.15) is 0 Å². The molecule has 2 aliphatic carbocycles. The van der Waals surface area contributed by atoms with Crippen LogP contribution in [0.5, 0.6) is 0 Å². The van der Waals surface area contributed by atoms with Gasteiger partial charge in [-0.3, -0.25) is 0 Å². The van der Waals surface area contributed by atoms with Crippen LogP contribution in [-0.4, -0.2) is 12.6 Å². The second-order valence-electron chi connectivity index (χ2n) is 6.01. The Morgan fingerprint density at radius 2 is 1.73 bits per heavy atom. The van der Waals surface area contributed by atoms with Gasteiger partial charge in [-0.15, -0.1) is 0 Å². The highest BCUT2D eigenvalue weighted by molar-refractivity contribution is 4.81. The predicted molar refractivity (Wildman–Crippen MR) is 65.9 cm³/mol. The number of hydrogen-bond acceptors (Lipinski definition) is 1. The van der Waals surface area contributed by atoms with Gasteiger partial charge in [0.15, 0.2) is 0 Å². The van der Waals surface area contributed by atoms with Gasteiger partial charge in [0.05, 0.1) is 0 Å². The molecule has 0 aliphatic heterocycles. The Labute approximate surface area is 95.0 Å². The van der Waals surface area contributed by atoms with Crippen molar-refractivity contribution >= 4 is 0 Å². The summed E-state index contributed by atoms with van der Waals surface area (Å²) in [6.45, 7) is 6.07. The third kappa shape index (κ3) is 3.21. The van der Waals surface area contributed by atoms with Crippen molar-refractivity contribution in [3.8, 4) is 0 Å². The molecule has 0 amide bonds. The standard InChI is InChI=1S/C14H27N/c1-11-6-8-13(9-7-11)10-15-12(2)14-4-3-5-14/h11-15H,3-10H2,1-2H3. The minimum absolute atomic E-state index is 0.776. The normalized spacial score (nSPS) is 34.8. The van der Waals surface area contributed by atoms with Crippen molar-refractivity contribution in [1.82, 2.24) is 5.32 Å². The highest BCUT2D eigenvalue weighted by Gasteiger charge is 2.24. The summed E-state index contributed by atoms with van der Waals surface area (Å²) in [6, 6.07) is 0.776. The van der Waals surface area contributed by atoms with E-state index < -0.39 is 0 Å². The van der Waals surface area contributed by atoms with E-state index in [0.29, 0.717) is 0 Å². The molecule has 1 heteroatoms. The molecule has 0 aromatic carbocycles. The maximum atomic E-state index is 3.77. The van der Waals surface area contributed by atoms with E-state index in [1.54, 1.807) is 0 Å². The Morgan fingerprint density at radius 1 is 1.07 bits per heavy atom. The van der Waals surface area contributed by atoms with Crippen molar-refractivity contribution in [2.75, 3.05) is 6.54 Å². The molecule has 1 N–H and O–H groups in total. The van der Waals surface area contributed by atoms with Gasteiger partial charge in [0.2, 0.25) is 0 Å². The first kappa shape index (κ1) is 11.4. The Balaban J connectivity index is 1.60. The van der Waals surface area contributed by atoms with E-state index in [1.807, 2.05) is 0 Å². The molecule has 0 radical (unpaired) electrons. The molecule has 0 heterocycles. The van der Waals surface area contributed by atoms with Crippen LogP contribution in [0.25, 0.3) is 0 Å². The summed E-state index contributed by atoms with van der Waals surface area (Å²) < 4.78 is 0. The fourth-order valence-electron chi connectivity index (χ4n) is 2.99. The van der Waals surface area contributed by atoms with E-state index in [9.17, 15) is 0 Å². The summed E-state index contributed by atoms with van der Waals surface area (Å²) in [5.74, 6) is 2.96. The van der Waals surface area contributed by atoms with E-state index in [1.165, 1.54) is 51.5 Å². The van der Waals surface area contributed by atoms with Crippen LogP contribution in [0.2, 0.25) is 0 Å². The molecule has 2 saturated carbocycles. The molecule has 1 atom stereocenters. The van der Waals surface area contributed by atoms with Crippen LogP contribution >= 0.6 is 0 Å². The van der Waals surface area contributed by atoms with Crippen LogP contribution in [0.3, 0.4) is 0 Å². The zero-order valence-corrected chi connectivity index (χ0v) is 10.5. The maximum absolute atomic E-state index is 3.77. The second kappa shape index (κ2) is 5.34. The van der Waals surface area contributed by atoms with E-state index in [4.69, 9.17) is 0 Å². The Hall–Kier alpha value is -0.0400. The average molecular weight is 209 g/mol. The minimum atomic E-state index is 0.776. The van der Waals surface area contributed by atoms with Crippen LogP contribution in [0, 0.1) is 17.8 Å². The Kier molecular flexibility index (Phi) is 4.07. The van der Waals surface area contributed by atoms with Gasteiger partial charge in [-0.1, -0.05) is 26.2 Å². The topological polar surface area (TPSA) is 12.0 Å². The Morgan fingerprint density at radius 3 is 2.27 bits per heavy atom. The summed E-state index contributed by atoms with van der Waals surface area (Å²) in [5.41, 5.74) is 0. The van der Waals surface area contributed by atoms with Crippen molar-refractivity contribution in [1.29, 1.82) is 0 Å². The van der Waals surface area contributed by atoms with Gasteiger partial charge in [0.25, 0.3) is 0 Å². The van der Waals surface area contributed by atoms with Gasteiger partial charge in [-0.25, -0.2) is 0 Å². The first-order chi connectivity index (χ1) is 7.25. The first-order valence-corrected chi connectivity index (χ1v) is 6.99. The minimum Gasteiger partial charge on any atom is -0.314 e. The molecule has 15 heavy (non-hydrogen) atoms. The monoisotopic (exact) mass is 209 g/mol. The lowest BCUT2D eigenvalue weighted by Gasteiger charge is -2.34. The largest absolute Gasteiger partial charge is 0.314 e. The van der Waals surface area contributed by atoms with Crippen LogP contribution < -0.4 is 5.32 Å². The number of hydrogen-bond donors (Lipinski definition) is 1. The third-order valence-corrected chi connectivity index (χ3v) is 4.72. The second-order valence-corrected chi connectivity index (χ2v) is 6.01. The molecular weight excluding hydrogens is 182 g/mol. The predicted octanol–water partition coefficient (Wildman–Crippen LogP) is 3.59. The van der Waals surface area contributed by atoms with Gasteiger partial charge >= 0.3 is 0 Å². The van der Waals surface area contributed by atoms with Crippen molar-refractivity contribution in [2.24, 2.45) is 17.8 Å². The molecule has 0 saturated heterocycles. The van der Waals surface area contributed by atoms with Crippen LogP contribution in [-0.2, 0) is 0 Å². The molecule has 0 aromatic rings. The fourth-order valence-corrected chi connectivity index (χ4v) is 2.99. The van der Waals surface area contributed by atoms with Crippen molar-refractivity contribution in [3.63, 3.8) is 0 Å². The van der Waals surface area contributed by atoms with E-state index in [0.717, 1.165) is 23.8 Å². The van der Waals surface area contributed by atoms with Gasteiger partial charge in [0.1, 0.15) is 0 Å². The number of nitrogens with one attached hydrogen (secondary N) is 1. The first-order valence-electron chi connectivity index (χ1n) is 6.99. The summed E-state index contributed by atoms with van der Waals surface area (Å²) in [4.78, 5) is 0. The molecule has 1 nitrogen and oxygen atoms in total. The zero-order chi connectivity index (χ0) is 10.7. The molecule has 2 aliphatic rings. The van der Waals surface area contributed by atoms with E-state index in [2.05, 4.69) is 19.2 Å². The molecule has 0 spiro atoms. The molecule has 2 fully saturated rings. The summed E-state index contributed by atoms with van der Waals surface area (Å²) in [5, 5.41) is 3.77. The van der Waals surface area contributed by atoms with Gasteiger partial charge in [0, 0.05) is 6.04 Å². The smallest absolute Gasteiger partial charge is 0.00671 e. The van der Waals surface area contributed by atoms with Crippen LogP contribution in [0.1, 0.15) is 58.8 Å². The van der Waals surface area contributed by atoms with E-state index >= 15 is 0 Å². The third-order valence-electron chi connectivity index (χ3n) is 4.72. The molecule has 2 rings (SSSR count). The number of rotatable bonds is 4. The molecule has 1 unspecified atom stereocenters.